The van der Waals surface area contributed by atoms with Crippen LogP contribution >= 0.6 is 0 Å². The summed E-state index contributed by atoms with van der Waals surface area (Å²) in [5.74, 6) is 0. The fourth-order valence-electron chi connectivity index (χ4n) is 3.35. The van der Waals surface area contributed by atoms with Crippen molar-refractivity contribution in [2.75, 3.05) is 13.1 Å². The molecule has 0 spiro atoms. The highest BCUT2D eigenvalue weighted by atomic mass is 15.2. The maximum atomic E-state index is 6.66. The molecule has 2 aromatic rings. The van der Waals surface area contributed by atoms with Gasteiger partial charge in [-0.05, 0) is 37.1 Å². The van der Waals surface area contributed by atoms with Crippen molar-refractivity contribution in [2.45, 2.75) is 31.3 Å². The molecule has 2 unspecified atom stereocenters. The lowest BCUT2D eigenvalue weighted by atomic mass is 9.91. The Hall–Kier alpha value is -1.64. The van der Waals surface area contributed by atoms with E-state index in [1.165, 1.54) is 30.4 Å². The molecular weight excluding hydrogens is 256 g/mol. The van der Waals surface area contributed by atoms with Gasteiger partial charge in [-0.3, -0.25) is 4.90 Å². The van der Waals surface area contributed by atoms with E-state index in [4.69, 9.17) is 5.73 Å². The van der Waals surface area contributed by atoms with Crippen molar-refractivity contribution in [1.29, 1.82) is 0 Å². The van der Waals surface area contributed by atoms with Gasteiger partial charge in [0.1, 0.15) is 0 Å². The molecule has 0 bridgehead atoms. The summed E-state index contributed by atoms with van der Waals surface area (Å²) < 4.78 is 0. The smallest absolute Gasteiger partial charge is 0.0541 e. The van der Waals surface area contributed by atoms with Crippen LogP contribution in [-0.2, 0) is 0 Å². The quantitative estimate of drug-likeness (QED) is 0.920. The van der Waals surface area contributed by atoms with E-state index in [0.717, 1.165) is 13.1 Å². The number of benzene rings is 2. The maximum absolute atomic E-state index is 6.66. The lowest BCUT2D eigenvalue weighted by Gasteiger charge is -2.38. The van der Waals surface area contributed by atoms with Crippen LogP contribution in [0.1, 0.15) is 42.5 Å². The minimum atomic E-state index is 0.0201. The molecule has 0 aliphatic carbocycles. The molecule has 1 fully saturated rings. The van der Waals surface area contributed by atoms with E-state index in [-0.39, 0.29) is 12.1 Å². The molecule has 2 heteroatoms. The summed E-state index contributed by atoms with van der Waals surface area (Å²) in [6.07, 6.45) is 3.91. The lowest BCUT2D eigenvalue weighted by molar-refractivity contribution is 0.142. The largest absolute Gasteiger partial charge is 0.322 e. The van der Waals surface area contributed by atoms with E-state index >= 15 is 0 Å². The van der Waals surface area contributed by atoms with Gasteiger partial charge in [0.25, 0.3) is 0 Å². The lowest BCUT2D eigenvalue weighted by Crippen LogP contribution is -2.39. The average Bonchev–Trinajstić information content (AvgIpc) is 2.58. The molecular formula is C19H24N2. The topological polar surface area (TPSA) is 29.3 Å². The highest BCUT2D eigenvalue weighted by Crippen LogP contribution is 2.34. The van der Waals surface area contributed by atoms with Crippen LogP contribution in [0.25, 0.3) is 0 Å². The monoisotopic (exact) mass is 280 g/mol. The second-order valence-electron chi connectivity index (χ2n) is 5.89. The molecule has 0 radical (unpaired) electrons. The Kier molecular flexibility index (Phi) is 4.69. The summed E-state index contributed by atoms with van der Waals surface area (Å²) in [6, 6.07) is 21.5. The molecule has 2 aromatic carbocycles. The third-order valence-corrected chi connectivity index (χ3v) is 4.45. The predicted octanol–water partition coefficient (Wildman–Crippen LogP) is 3.91. The molecule has 1 aliphatic rings. The van der Waals surface area contributed by atoms with E-state index in [1.54, 1.807) is 0 Å². The van der Waals surface area contributed by atoms with Crippen LogP contribution < -0.4 is 5.73 Å². The van der Waals surface area contributed by atoms with E-state index in [9.17, 15) is 0 Å². The van der Waals surface area contributed by atoms with Gasteiger partial charge in [-0.15, -0.1) is 0 Å². The molecule has 110 valence electrons. The summed E-state index contributed by atoms with van der Waals surface area (Å²) in [5, 5.41) is 0. The van der Waals surface area contributed by atoms with Gasteiger partial charge < -0.3 is 5.73 Å². The molecule has 0 aromatic heterocycles. The zero-order valence-electron chi connectivity index (χ0n) is 12.5. The van der Waals surface area contributed by atoms with Crippen LogP contribution in [0.15, 0.2) is 60.7 Å². The van der Waals surface area contributed by atoms with Crippen molar-refractivity contribution in [3.63, 3.8) is 0 Å². The van der Waals surface area contributed by atoms with Gasteiger partial charge in [-0.2, -0.15) is 0 Å². The summed E-state index contributed by atoms with van der Waals surface area (Å²) in [6.45, 7) is 2.31. The molecule has 0 saturated carbocycles. The molecule has 2 nitrogen and oxygen atoms in total. The fraction of sp³-hybridized carbons (Fsp3) is 0.368. The maximum Gasteiger partial charge on any atom is 0.0541 e. The number of hydrogen-bond acceptors (Lipinski definition) is 2. The second-order valence-corrected chi connectivity index (χ2v) is 5.89. The summed E-state index contributed by atoms with van der Waals surface area (Å²) in [4.78, 5) is 2.57. The molecule has 3 rings (SSSR count). The van der Waals surface area contributed by atoms with Gasteiger partial charge in [-0.1, -0.05) is 67.1 Å². The third-order valence-electron chi connectivity index (χ3n) is 4.45. The molecule has 2 atom stereocenters. The van der Waals surface area contributed by atoms with Crippen molar-refractivity contribution in [3.8, 4) is 0 Å². The minimum absolute atomic E-state index is 0.0201. The van der Waals surface area contributed by atoms with Gasteiger partial charge in [0, 0.05) is 6.04 Å². The van der Waals surface area contributed by atoms with Gasteiger partial charge in [0.15, 0.2) is 0 Å². The van der Waals surface area contributed by atoms with Crippen LogP contribution in [0.2, 0.25) is 0 Å². The Morgan fingerprint density at radius 3 is 1.81 bits per heavy atom. The van der Waals surface area contributed by atoms with Gasteiger partial charge >= 0.3 is 0 Å². The number of likely N-dealkylation sites (tertiary alicyclic amines) is 1. The van der Waals surface area contributed by atoms with Crippen LogP contribution in [-0.4, -0.2) is 18.0 Å². The summed E-state index contributed by atoms with van der Waals surface area (Å²) in [7, 11) is 0. The number of hydrogen-bond donors (Lipinski definition) is 1. The zero-order valence-corrected chi connectivity index (χ0v) is 12.5. The Morgan fingerprint density at radius 1 is 0.714 bits per heavy atom. The standard InChI is InChI=1S/C19H24N2/c20-18(16-10-4-1-5-11-16)19(17-12-6-2-7-13-17)21-14-8-3-9-15-21/h1-2,4-7,10-13,18-19H,3,8-9,14-15,20H2. The SMILES string of the molecule is NC(c1ccccc1)C(c1ccccc1)N1CCCCC1. The van der Waals surface area contributed by atoms with Crippen molar-refractivity contribution in [3.05, 3.63) is 71.8 Å². The first kappa shape index (κ1) is 14.3. The first-order valence-electron chi connectivity index (χ1n) is 7.96. The molecule has 1 heterocycles. The Bertz CT molecular complexity index is 532. The van der Waals surface area contributed by atoms with Crippen molar-refractivity contribution in [2.24, 2.45) is 5.73 Å². The summed E-state index contributed by atoms with van der Waals surface area (Å²) >= 11 is 0. The highest BCUT2D eigenvalue weighted by Gasteiger charge is 2.28. The second kappa shape index (κ2) is 6.88. The Morgan fingerprint density at radius 2 is 1.24 bits per heavy atom. The third kappa shape index (κ3) is 3.34. The average molecular weight is 280 g/mol. The van der Waals surface area contributed by atoms with Crippen molar-refractivity contribution in [1.82, 2.24) is 4.90 Å². The van der Waals surface area contributed by atoms with Crippen molar-refractivity contribution >= 4 is 0 Å². The van der Waals surface area contributed by atoms with Crippen LogP contribution in [0, 0.1) is 0 Å². The number of piperidine rings is 1. The zero-order chi connectivity index (χ0) is 14.5. The summed E-state index contributed by atoms with van der Waals surface area (Å²) in [5.41, 5.74) is 9.21. The minimum Gasteiger partial charge on any atom is -0.322 e. The number of rotatable bonds is 4. The number of nitrogens with two attached hydrogens (primary N) is 1. The van der Waals surface area contributed by atoms with Crippen LogP contribution in [0.5, 0.6) is 0 Å². The van der Waals surface area contributed by atoms with E-state index < -0.39 is 0 Å². The Labute approximate surface area is 127 Å². The molecule has 1 aliphatic heterocycles. The van der Waals surface area contributed by atoms with Crippen molar-refractivity contribution < 1.29 is 0 Å². The first-order chi connectivity index (χ1) is 10.4. The molecule has 0 amide bonds. The van der Waals surface area contributed by atoms with E-state index in [0.29, 0.717) is 0 Å². The van der Waals surface area contributed by atoms with Crippen LogP contribution in [0.4, 0.5) is 0 Å². The van der Waals surface area contributed by atoms with E-state index in [2.05, 4.69) is 65.6 Å². The van der Waals surface area contributed by atoms with Gasteiger partial charge in [0.2, 0.25) is 0 Å². The first-order valence-corrected chi connectivity index (χ1v) is 7.96. The number of nitrogens with zero attached hydrogens (tertiary/aromatic N) is 1. The predicted molar refractivity (Wildman–Crippen MR) is 88.0 cm³/mol. The molecule has 2 N–H and O–H groups in total. The molecule has 21 heavy (non-hydrogen) atoms. The van der Waals surface area contributed by atoms with E-state index in [1.807, 2.05) is 0 Å². The Balaban J connectivity index is 1.92. The molecule has 1 saturated heterocycles. The highest BCUT2D eigenvalue weighted by molar-refractivity contribution is 5.27. The van der Waals surface area contributed by atoms with Gasteiger partial charge in [-0.25, -0.2) is 0 Å². The fourth-order valence-corrected chi connectivity index (χ4v) is 3.35. The van der Waals surface area contributed by atoms with Gasteiger partial charge in [0.05, 0.1) is 6.04 Å². The normalized spacial score (nSPS) is 19.1. The van der Waals surface area contributed by atoms with Crippen LogP contribution in [0.3, 0.4) is 0 Å².